The smallest absolute Gasteiger partial charge is 0.242 e. The van der Waals surface area contributed by atoms with Crippen LogP contribution in [0.1, 0.15) is 22.6 Å². The van der Waals surface area contributed by atoms with Gasteiger partial charge in [-0.2, -0.15) is 0 Å². The van der Waals surface area contributed by atoms with Crippen LogP contribution in [0.25, 0.3) is 10.9 Å². The highest BCUT2D eigenvalue weighted by Gasteiger charge is 2.24. The van der Waals surface area contributed by atoms with E-state index in [1.807, 2.05) is 24.8 Å². The number of hydrogen-bond donors (Lipinski definition) is 1. The number of nitrogens with one attached hydrogen (secondary N) is 1. The van der Waals surface area contributed by atoms with Crippen molar-refractivity contribution in [2.45, 2.75) is 33.4 Å². The lowest BCUT2D eigenvalue weighted by atomic mass is 10.0. The van der Waals surface area contributed by atoms with Crippen molar-refractivity contribution in [3.63, 3.8) is 0 Å². The standard InChI is InChI=1S/C19H21N3O/c1-13-7-8-14(2)22(13)12-19(23)21-10-9-16-15-5-3-4-6-17(15)20-18(16)11-21/h3-8,20H,9-12H2,1-2H3. The maximum Gasteiger partial charge on any atom is 0.242 e. The van der Waals surface area contributed by atoms with Gasteiger partial charge in [0.15, 0.2) is 0 Å². The van der Waals surface area contributed by atoms with Gasteiger partial charge in [0.25, 0.3) is 0 Å². The molecule has 0 fully saturated rings. The average molecular weight is 307 g/mol. The van der Waals surface area contributed by atoms with E-state index in [4.69, 9.17) is 0 Å². The molecule has 3 heterocycles. The molecule has 1 amide bonds. The van der Waals surface area contributed by atoms with Crippen LogP contribution in [-0.2, 0) is 24.3 Å². The molecule has 1 aromatic carbocycles. The summed E-state index contributed by atoms with van der Waals surface area (Å²) in [5.41, 5.74) is 6.01. The molecule has 1 aliphatic rings. The van der Waals surface area contributed by atoms with Crippen molar-refractivity contribution in [2.75, 3.05) is 6.54 Å². The predicted molar refractivity (Wildman–Crippen MR) is 91.3 cm³/mol. The van der Waals surface area contributed by atoms with Crippen LogP contribution in [0.5, 0.6) is 0 Å². The van der Waals surface area contributed by atoms with Gasteiger partial charge in [0, 0.05) is 34.5 Å². The fourth-order valence-electron chi connectivity index (χ4n) is 3.59. The van der Waals surface area contributed by atoms with Gasteiger partial charge in [-0.15, -0.1) is 0 Å². The summed E-state index contributed by atoms with van der Waals surface area (Å²) in [4.78, 5) is 18.1. The van der Waals surface area contributed by atoms with Crippen LogP contribution in [0.4, 0.5) is 0 Å². The first-order valence-corrected chi connectivity index (χ1v) is 8.12. The number of aromatic nitrogens is 2. The topological polar surface area (TPSA) is 41.0 Å². The number of carbonyl (C=O) groups is 1. The zero-order chi connectivity index (χ0) is 16.0. The van der Waals surface area contributed by atoms with Crippen LogP contribution in [-0.4, -0.2) is 26.9 Å². The molecule has 3 aromatic rings. The van der Waals surface area contributed by atoms with E-state index >= 15 is 0 Å². The highest BCUT2D eigenvalue weighted by Crippen LogP contribution is 2.27. The molecule has 0 radical (unpaired) electrons. The predicted octanol–water partition coefficient (Wildman–Crippen LogP) is 3.17. The Kier molecular flexibility index (Phi) is 3.26. The molecule has 0 aliphatic carbocycles. The summed E-state index contributed by atoms with van der Waals surface area (Å²) < 4.78 is 2.09. The second kappa shape index (κ2) is 5.30. The number of benzene rings is 1. The van der Waals surface area contributed by atoms with Crippen molar-refractivity contribution in [3.8, 4) is 0 Å². The van der Waals surface area contributed by atoms with Gasteiger partial charge >= 0.3 is 0 Å². The van der Waals surface area contributed by atoms with E-state index < -0.39 is 0 Å². The average Bonchev–Trinajstić information content (AvgIpc) is 3.08. The number of rotatable bonds is 2. The molecule has 2 aromatic heterocycles. The van der Waals surface area contributed by atoms with Crippen LogP contribution < -0.4 is 0 Å². The van der Waals surface area contributed by atoms with Crippen molar-refractivity contribution in [1.29, 1.82) is 0 Å². The molecule has 1 aliphatic heterocycles. The summed E-state index contributed by atoms with van der Waals surface area (Å²) in [7, 11) is 0. The number of hydrogen-bond acceptors (Lipinski definition) is 1. The van der Waals surface area contributed by atoms with Gasteiger partial charge in [-0.3, -0.25) is 4.79 Å². The Morgan fingerprint density at radius 2 is 1.87 bits per heavy atom. The number of fused-ring (bicyclic) bond motifs is 3. The second-order valence-electron chi connectivity index (χ2n) is 6.40. The maximum absolute atomic E-state index is 12.7. The Balaban J connectivity index is 1.57. The number of carbonyl (C=O) groups excluding carboxylic acids is 1. The van der Waals surface area contributed by atoms with E-state index in [2.05, 4.69) is 39.9 Å². The van der Waals surface area contributed by atoms with Crippen LogP contribution in [0.15, 0.2) is 36.4 Å². The molecule has 0 unspecified atom stereocenters. The van der Waals surface area contributed by atoms with E-state index in [9.17, 15) is 4.79 Å². The van der Waals surface area contributed by atoms with Gasteiger partial charge in [0.2, 0.25) is 5.91 Å². The van der Waals surface area contributed by atoms with E-state index in [1.54, 1.807) is 0 Å². The first-order valence-electron chi connectivity index (χ1n) is 8.12. The molecule has 4 nitrogen and oxygen atoms in total. The zero-order valence-corrected chi connectivity index (χ0v) is 13.6. The fraction of sp³-hybridized carbons (Fsp3) is 0.316. The number of nitrogens with zero attached hydrogens (tertiary/aromatic N) is 2. The Morgan fingerprint density at radius 1 is 1.13 bits per heavy atom. The molecular formula is C19H21N3O. The molecule has 4 rings (SSSR count). The molecule has 0 saturated heterocycles. The maximum atomic E-state index is 12.7. The fourth-order valence-corrected chi connectivity index (χ4v) is 3.59. The lowest BCUT2D eigenvalue weighted by Crippen LogP contribution is -2.38. The first kappa shape index (κ1) is 14.1. The number of H-pyrrole nitrogens is 1. The third-order valence-corrected chi connectivity index (χ3v) is 4.95. The molecule has 4 heteroatoms. The Morgan fingerprint density at radius 3 is 2.65 bits per heavy atom. The number of para-hydroxylation sites is 1. The van der Waals surface area contributed by atoms with E-state index in [-0.39, 0.29) is 5.91 Å². The summed E-state index contributed by atoms with van der Waals surface area (Å²) in [5, 5.41) is 1.30. The Bertz CT molecular complexity index is 868. The summed E-state index contributed by atoms with van der Waals surface area (Å²) >= 11 is 0. The summed E-state index contributed by atoms with van der Waals surface area (Å²) in [6, 6.07) is 12.5. The summed E-state index contributed by atoms with van der Waals surface area (Å²) in [6.07, 6.45) is 0.925. The minimum absolute atomic E-state index is 0.191. The summed E-state index contributed by atoms with van der Waals surface area (Å²) in [6.45, 7) is 6.01. The van der Waals surface area contributed by atoms with Gasteiger partial charge in [0.1, 0.15) is 6.54 Å². The highest BCUT2D eigenvalue weighted by atomic mass is 16.2. The molecule has 118 valence electrons. The van der Waals surface area contributed by atoms with Crippen LogP contribution in [0.2, 0.25) is 0 Å². The van der Waals surface area contributed by atoms with Crippen LogP contribution in [0, 0.1) is 13.8 Å². The third-order valence-electron chi connectivity index (χ3n) is 4.95. The first-order chi connectivity index (χ1) is 11.1. The summed E-state index contributed by atoms with van der Waals surface area (Å²) in [5.74, 6) is 0.191. The van der Waals surface area contributed by atoms with Gasteiger partial charge in [-0.05, 0) is 44.0 Å². The van der Waals surface area contributed by atoms with Crippen molar-refractivity contribution in [2.24, 2.45) is 0 Å². The van der Waals surface area contributed by atoms with Crippen molar-refractivity contribution < 1.29 is 4.79 Å². The minimum Gasteiger partial charge on any atom is -0.357 e. The van der Waals surface area contributed by atoms with Crippen LogP contribution in [0.3, 0.4) is 0 Å². The SMILES string of the molecule is Cc1ccc(C)n1CC(=O)N1CCc2c([nH]c3ccccc23)C1. The third kappa shape index (κ3) is 2.34. The van der Waals surface area contributed by atoms with Gasteiger partial charge in [0.05, 0.1) is 6.54 Å². The van der Waals surface area contributed by atoms with Crippen molar-refractivity contribution in [3.05, 3.63) is 59.0 Å². The van der Waals surface area contributed by atoms with E-state index in [0.29, 0.717) is 13.1 Å². The minimum atomic E-state index is 0.191. The molecule has 0 atom stereocenters. The normalized spacial score (nSPS) is 14.3. The second-order valence-corrected chi connectivity index (χ2v) is 6.40. The van der Waals surface area contributed by atoms with Crippen LogP contribution >= 0.6 is 0 Å². The zero-order valence-electron chi connectivity index (χ0n) is 13.6. The number of amides is 1. The number of aromatic amines is 1. The van der Waals surface area contributed by atoms with Gasteiger partial charge < -0.3 is 14.5 Å². The van der Waals surface area contributed by atoms with E-state index in [0.717, 1.165) is 24.4 Å². The van der Waals surface area contributed by atoms with Crippen molar-refractivity contribution >= 4 is 16.8 Å². The van der Waals surface area contributed by atoms with Crippen molar-refractivity contribution in [1.82, 2.24) is 14.5 Å². The molecule has 1 N–H and O–H groups in total. The van der Waals surface area contributed by atoms with Gasteiger partial charge in [-0.1, -0.05) is 18.2 Å². The molecule has 0 spiro atoms. The Hall–Kier alpha value is -2.49. The lowest BCUT2D eigenvalue weighted by molar-refractivity contribution is -0.132. The largest absolute Gasteiger partial charge is 0.357 e. The highest BCUT2D eigenvalue weighted by molar-refractivity contribution is 5.85. The molecule has 0 saturated carbocycles. The quantitative estimate of drug-likeness (QED) is 0.776. The van der Waals surface area contributed by atoms with Gasteiger partial charge in [-0.25, -0.2) is 0 Å². The number of aryl methyl sites for hydroxylation is 2. The molecular weight excluding hydrogens is 286 g/mol. The monoisotopic (exact) mass is 307 g/mol. The van der Waals surface area contributed by atoms with E-state index in [1.165, 1.54) is 22.2 Å². The Labute approximate surface area is 135 Å². The molecule has 0 bridgehead atoms. The molecule has 23 heavy (non-hydrogen) atoms. The lowest BCUT2D eigenvalue weighted by Gasteiger charge is -2.27.